The molecule has 2 aromatic heterocycles. The summed E-state index contributed by atoms with van der Waals surface area (Å²) in [7, 11) is -3.41. The Labute approximate surface area is 138 Å². The summed E-state index contributed by atoms with van der Waals surface area (Å²) in [5.41, 5.74) is 1.50. The van der Waals surface area contributed by atoms with Crippen molar-refractivity contribution in [3.05, 3.63) is 58.0 Å². The summed E-state index contributed by atoms with van der Waals surface area (Å²) in [6.07, 6.45) is 1.39. The predicted octanol–water partition coefficient (Wildman–Crippen LogP) is 1.62. The minimum Gasteiger partial charge on any atom is -0.361 e. The number of sulfone groups is 1. The molecule has 0 aliphatic heterocycles. The number of aromatic nitrogens is 3. The summed E-state index contributed by atoms with van der Waals surface area (Å²) >= 11 is 0. The van der Waals surface area contributed by atoms with Gasteiger partial charge < -0.3 is 4.52 Å². The van der Waals surface area contributed by atoms with Gasteiger partial charge in [0.1, 0.15) is 5.76 Å². The van der Waals surface area contributed by atoms with Gasteiger partial charge in [0.25, 0.3) is 5.56 Å². The van der Waals surface area contributed by atoms with Crippen LogP contribution in [0.15, 0.2) is 39.9 Å². The van der Waals surface area contributed by atoms with E-state index in [2.05, 4.69) is 10.1 Å². The third-order valence-corrected chi connectivity index (χ3v) is 5.45. The van der Waals surface area contributed by atoms with E-state index >= 15 is 0 Å². The van der Waals surface area contributed by atoms with Crippen LogP contribution in [0.25, 0.3) is 10.9 Å². The Balaban J connectivity index is 1.80. The van der Waals surface area contributed by atoms with Gasteiger partial charge in [0.2, 0.25) is 0 Å². The Hall–Kier alpha value is -2.48. The molecule has 0 radical (unpaired) electrons. The Morgan fingerprint density at radius 1 is 1.21 bits per heavy atom. The van der Waals surface area contributed by atoms with Gasteiger partial charge in [-0.1, -0.05) is 17.3 Å². The van der Waals surface area contributed by atoms with Gasteiger partial charge in [-0.25, -0.2) is 13.4 Å². The lowest BCUT2D eigenvalue weighted by Gasteiger charge is -2.07. The molecule has 8 heteroatoms. The Morgan fingerprint density at radius 3 is 2.67 bits per heavy atom. The molecule has 0 bridgehead atoms. The van der Waals surface area contributed by atoms with Crippen LogP contribution < -0.4 is 5.56 Å². The highest BCUT2D eigenvalue weighted by Crippen LogP contribution is 2.16. The monoisotopic (exact) mass is 347 g/mol. The molecule has 0 spiro atoms. The van der Waals surface area contributed by atoms with E-state index in [9.17, 15) is 13.2 Å². The van der Waals surface area contributed by atoms with Crippen molar-refractivity contribution in [2.45, 2.75) is 26.1 Å². The van der Waals surface area contributed by atoms with Gasteiger partial charge in [-0.3, -0.25) is 9.36 Å². The Kier molecular flexibility index (Phi) is 4.23. The maximum Gasteiger partial charge on any atom is 0.261 e. The summed E-state index contributed by atoms with van der Waals surface area (Å²) in [6.45, 7) is 3.45. The van der Waals surface area contributed by atoms with Crippen molar-refractivity contribution in [3.8, 4) is 0 Å². The fourth-order valence-corrected chi connectivity index (χ4v) is 3.97. The summed E-state index contributed by atoms with van der Waals surface area (Å²) in [5, 5.41) is 4.24. The molecule has 0 saturated heterocycles. The average molecular weight is 347 g/mol. The number of aryl methyl sites for hydroxylation is 3. The lowest BCUT2D eigenvalue weighted by Crippen LogP contribution is -2.25. The zero-order valence-corrected chi connectivity index (χ0v) is 14.2. The second-order valence-electron chi connectivity index (χ2n) is 5.66. The molecule has 0 saturated carbocycles. The minimum absolute atomic E-state index is 0.0579. The second kappa shape index (κ2) is 6.20. The maximum absolute atomic E-state index is 12.4. The van der Waals surface area contributed by atoms with Gasteiger partial charge in [-0.15, -0.1) is 0 Å². The fourth-order valence-electron chi connectivity index (χ4n) is 2.50. The topological polar surface area (TPSA) is 95.1 Å². The van der Waals surface area contributed by atoms with Crippen molar-refractivity contribution in [1.29, 1.82) is 0 Å². The van der Waals surface area contributed by atoms with Gasteiger partial charge >= 0.3 is 0 Å². The lowest BCUT2D eigenvalue weighted by molar-refractivity contribution is 0.392. The molecule has 0 unspecified atom stereocenters. The number of rotatable bonds is 5. The Bertz CT molecular complexity index is 1030. The normalized spacial score (nSPS) is 11.9. The molecular formula is C16H17N3O4S. The summed E-state index contributed by atoms with van der Waals surface area (Å²) in [5.74, 6) is 0.196. The van der Waals surface area contributed by atoms with E-state index in [-0.39, 0.29) is 23.6 Å². The van der Waals surface area contributed by atoms with E-state index in [0.717, 1.165) is 0 Å². The molecule has 0 aliphatic carbocycles. The van der Waals surface area contributed by atoms with Crippen LogP contribution in [0.1, 0.15) is 17.0 Å². The SMILES string of the molecule is Cc1noc(C)c1CS(=O)(=O)CCn1cnc2ccccc2c1=O. The molecule has 3 rings (SSSR count). The van der Waals surface area contributed by atoms with E-state index in [0.29, 0.717) is 27.9 Å². The number of fused-ring (bicyclic) bond motifs is 1. The molecule has 24 heavy (non-hydrogen) atoms. The van der Waals surface area contributed by atoms with Crippen molar-refractivity contribution in [1.82, 2.24) is 14.7 Å². The lowest BCUT2D eigenvalue weighted by atomic mass is 10.2. The summed E-state index contributed by atoms with van der Waals surface area (Å²) in [6, 6.07) is 6.98. The standard InChI is InChI=1S/C16H17N3O4S/c1-11-14(12(2)23-18-11)9-24(21,22)8-7-19-10-17-15-6-4-3-5-13(15)16(19)20/h3-6,10H,7-9H2,1-2H3. The minimum atomic E-state index is -3.41. The maximum atomic E-state index is 12.4. The largest absolute Gasteiger partial charge is 0.361 e. The molecule has 0 aliphatic rings. The van der Waals surface area contributed by atoms with Gasteiger partial charge in [0, 0.05) is 12.1 Å². The molecule has 0 N–H and O–H groups in total. The van der Waals surface area contributed by atoms with Crippen LogP contribution in [0, 0.1) is 13.8 Å². The van der Waals surface area contributed by atoms with E-state index < -0.39 is 9.84 Å². The molecule has 126 valence electrons. The number of nitrogens with zero attached hydrogens (tertiary/aromatic N) is 3. The van der Waals surface area contributed by atoms with Crippen LogP contribution in [-0.4, -0.2) is 28.9 Å². The molecular weight excluding hydrogens is 330 g/mol. The van der Waals surface area contributed by atoms with Gasteiger partial charge in [-0.2, -0.15) is 0 Å². The first-order chi connectivity index (χ1) is 11.4. The molecule has 7 nitrogen and oxygen atoms in total. The molecule has 0 amide bonds. The quantitative estimate of drug-likeness (QED) is 0.696. The fraction of sp³-hybridized carbons (Fsp3) is 0.312. The van der Waals surface area contributed by atoms with Crippen LogP contribution >= 0.6 is 0 Å². The van der Waals surface area contributed by atoms with Crippen LogP contribution in [0.5, 0.6) is 0 Å². The first-order valence-corrected chi connectivity index (χ1v) is 9.26. The predicted molar refractivity (Wildman–Crippen MR) is 89.5 cm³/mol. The van der Waals surface area contributed by atoms with Crippen LogP contribution in [0.2, 0.25) is 0 Å². The smallest absolute Gasteiger partial charge is 0.261 e. The molecule has 0 atom stereocenters. The third-order valence-electron chi connectivity index (χ3n) is 3.92. The van der Waals surface area contributed by atoms with Crippen molar-refractivity contribution < 1.29 is 12.9 Å². The van der Waals surface area contributed by atoms with Crippen LogP contribution in [0.3, 0.4) is 0 Å². The van der Waals surface area contributed by atoms with E-state index in [1.54, 1.807) is 38.1 Å². The number of hydrogen-bond acceptors (Lipinski definition) is 6. The highest BCUT2D eigenvalue weighted by atomic mass is 32.2. The average Bonchev–Trinajstić information content (AvgIpc) is 2.86. The zero-order chi connectivity index (χ0) is 17.3. The van der Waals surface area contributed by atoms with Crippen LogP contribution in [0.4, 0.5) is 0 Å². The van der Waals surface area contributed by atoms with Crippen LogP contribution in [-0.2, 0) is 22.1 Å². The van der Waals surface area contributed by atoms with Crippen molar-refractivity contribution in [3.63, 3.8) is 0 Å². The second-order valence-corrected chi connectivity index (χ2v) is 7.84. The molecule has 2 heterocycles. The summed E-state index contributed by atoms with van der Waals surface area (Å²) < 4.78 is 31.0. The molecule has 3 aromatic rings. The molecule has 0 fully saturated rings. The van der Waals surface area contributed by atoms with E-state index in [1.807, 2.05) is 0 Å². The summed E-state index contributed by atoms with van der Waals surface area (Å²) in [4.78, 5) is 16.6. The van der Waals surface area contributed by atoms with E-state index in [4.69, 9.17) is 4.52 Å². The number of para-hydroxylation sites is 1. The first kappa shape index (κ1) is 16.4. The van der Waals surface area contributed by atoms with Crippen molar-refractivity contribution in [2.24, 2.45) is 0 Å². The third kappa shape index (κ3) is 3.23. The highest BCUT2D eigenvalue weighted by molar-refractivity contribution is 7.90. The van der Waals surface area contributed by atoms with E-state index in [1.165, 1.54) is 10.9 Å². The first-order valence-electron chi connectivity index (χ1n) is 7.44. The van der Waals surface area contributed by atoms with Crippen molar-refractivity contribution >= 4 is 20.7 Å². The number of benzene rings is 1. The number of hydrogen-bond donors (Lipinski definition) is 0. The van der Waals surface area contributed by atoms with Gasteiger partial charge in [-0.05, 0) is 26.0 Å². The van der Waals surface area contributed by atoms with Gasteiger partial charge in [0.05, 0.1) is 34.4 Å². The Morgan fingerprint density at radius 2 is 1.96 bits per heavy atom. The molecule has 1 aromatic carbocycles. The van der Waals surface area contributed by atoms with Gasteiger partial charge in [0.15, 0.2) is 9.84 Å². The highest BCUT2D eigenvalue weighted by Gasteiger charge is 2.19. The zero-order valence-electron chi connectivity index (χ0n) is 13.4. The van der Waals surface area contributed by atoms with Crippen molar-refractivity contribution in [2.75, 3.05) is 5.75 Å².